The number of methoxy groups -OCH3 is 1. The minimum atomic E-state index is -0.404. The van der Waals surface area contributed by atoms with Crippen molar-refractivity contribution in [2.45, 2.75) is 27.0 Å². The summed E-state index contributed by atoms with van der Waals surface area (Å²) in [6, 6.07) is 13.5. The van der Waals surface area contributed by atoms with Crippen LogP contribution in [0.3, 0.4) is 0 Å². The number of hydrogen-bond acceptors (Lipinski definition) is 4. The molecule has 0 fully saturated rings. The topological polar surface area (TPSA) is 49.7 Å². The third-order valence-electron chi connectivity index (χ3n) is 6.18. The van der Waals surface area contributed by atoms with E-state index in [1.165, 1.54) is 12.1 Å². The number of ketones is 1. The zero-order valence-electron chi connectivity index (χ0n) is 19.5. The summed E-state index contributed by atoms with van der Waals surface area (Å²) in [6.45, 7) is 4.86. The Morgan fingerprint density at radius 2 is 1.97 bits per heavy atom. The first-order chi connectivity index (χ1) is 16.9. The lowest BCUT2D eigenvalue weighted by Gasteiger charge is -2.12. The second-order valence-electron chi connectivity index (χ2n) is 8.28. The predicted octanol–water partition coefficient (Wildman–Crippen LogP) is 6.97. The van der Waals surface area contributed by atoms with Crippen LogP contribution in [0.25, 0.3) is 17.0 Å². The number of nitrogens with zero attached hydrogens (tertiary/aromatic N) is 1. The summed E-state index contributed by atoms with van der Waals surface area (Å²) >= 11 is 6.11. The molecule has 0 bridgehead atoms. The largest absolute Gasteiger partial charge is 0.497 e. The lowest BCUT2D eigenvalue weighted by Crippen LogP contribution is -1.99. The molecular weight excluding hydrogens is 469 g/mol. The van der Waals surface area contributed by atoms with Gasteiger partial charge in [-0.3, -0.25) is 4.79 Å². The molecule has 0 unspecified atom stereocenters. The van der Waals surface area contributed by atoms with Gasteiger partial charge in [-0.2, -0.15) is 0 Å². The van der Waals surface area contributed by atoms with Gasteiger partial charge in [0.25, 0.3) is 0 Å². The van der Waals surface area contributed by atoms with Crippen LogP contribution < -0.4 is 14.2 Å². The molecule has 5 nitrogen and oxygen atoms in total. The van der Waals surface area contributed by atoms with E-state index in [1.807, 2.05) is 31.3 Å². The van der Waals surface area contributed by atoms with Crippen LogP contribution in [-0.4, -0.2) is 17.5 Å². The number of aromatic nitrogens is 1. The maximum Gasteiger partial charge on any atom is 0.231 e. The summed E-state index contributed by atoms with van der Waals surface area (Å²) in [5.74, 6) is 1.44. The quantitative estimate of drug-likeness (QED) is 0.273. The fraction of sp³-hybridized carbons (Fsp3) is 0.179. The van der Waals surface area contributed by atoms with E-state index in [-0.39, 0.29) is 18.1 Å². The maximum atomic E-state index is 13.3. The fourth-order valence-electron chi connectivity index (χ4n) is 4.27. The van der Waals surface area contributed by atoms with Gasteiger partial charge in [0.1, 0.15) is 29.7 Å². The summed E-state index contributed by atoms with van der Waals surface area (Å²) in [5.41, 5.74) is 3.77. The third-order valence-corrected chi connectivity index (χ3v) is 6.53. The molecule has 5 rings (SSSR count). The summed E-state index contributed by atoms with van der Waals surface area (Å²) in [4.78, 5) is 13.1. The molecule has 1 aromatic heterocycles. The van der Waals surface area contributed by atoms with Crippen molar-refractivity contribution in [3.63, 3.8) is 0 Å². The lowest BCUT2D eigenvalue weighted by molar-refractivity contribution is 0.101. The van der Waals surface area contributed by atoms with Crippen LogP contribution >= 0.6 is 11.6 Å². The maximum absolute atomic E-state index is 13.3. The van der Waals surface area contributed by atoms with Crippen LogP contribution in [0.1, 0.15) is 34.0 Å². The van der Waals surface area contributed by atoms with E-state index in [9.17, 15) is 9.18 Å². The van der Waals surface area contributed by atoms with Crippen LogP contribution in [0, 0.1) is 12.7 Å². The number of hydrogen-bond donors (Lipinski definition) is 0. The number of rotatable bonds is 6. The monoisotopic (exact) mass is 491 g/mol. The first-order valence-corrected chi connectivity index (χ1v) is 11.6. The van der Waals surface area contributed by atoms with Gasteiger partial charge in [-0.05, 0) is 62.4 Å². The fourth-order valence-corrected chi connectivity index (χ4v) is 4.49. The highest BCUT2D eigenvalue weighted by Crippen LogP contribution is 2.40. The number of carbonyl (C=O) groups is 1. The molecule has 2 heterocycles. The Hall–Kier alpha value is -3.77. The highest BCUT2D eigenvalue weighted by atomic mass is 35.5. The van der Waals surface area contributed by atoms with Gasteiger partial charge in [0.15, 0.2) is 5.76 Å². The van der Waals surface area contributed by atoms with Gasteiger partial charge in [0.05, 0.1) is 17.7 Å². The Morgan fingerprint density at radius 3 is 2.71 bits per heavy atom. The second kappa shape index (κ2) is 9.12. The molecule has 0 saturated heterocycles. The number of halogens is 2. The zero-order chi connectivity index (χ0) is 24.7. The van der Waals surface area contributed by atoms with Gasteiger partial charge in [0, 0.05) is 40.3 Å². The van der Waals surface area contributed by atoms with Crippen molar-refractivity contribution in [1.29, 1.82) is 0 Å². The molecule has 1 aliphatic heterocycles. The number of carbonyl (C=O) groups excluding carboxylic acids is 1. The standard InChI is InChI=1S/C28H23ClFNO4/c1-4-31-14-18(22-13-20(33-3)7-9-24(22)31)11-26-27(32)21-8-10-25(16(2)28(21)35-26)34-15-17-5-6-19(30)12-23(17)29/h5-14H,4,15H2,1-3H3/b26-11-. The van der Waals surface area contributed by atoms with E-state index in [2.05, 4.69) is 11.5 Å². The Bertz CT molecular complexity index is 1500. The molecule has 0 aliphatic carbocycles. The van der Waals surface area contributed by atoms with E-state index >= 15 is 0 Å². The van der Waals surface area contributed by atoms with E-state index in [0.29, 0.717) is 33.2 Å². The van der Waals surface area contributed by atoms with Crippen LogP contribution in [0.2, 0.25) is 5.02 Å². The van der Waals surface area contributed by atoms with Gasteiger partial charge >= 0.3 is 0 Å². The molecule has 0 N–H and O–H groups in total. The molecular formula is C28H23ClFNO4. The van der Waals surface area contributed by atoms with E-state index < -0.39 is 5.82 Å². The SMILES string of the molecule is CCn1cc(/C=C2\Oc3c(ccc(OCc4ccc(F)cc4Cl)c3C)C2=O)c2cc(OC)ccc21. The first-order valence-electron chi connectivity index (χ1n) is 11.2. The van der Waals surface area contributed by atoms with Gasteiger partial charge in [-0.25, -0.2) is 4.39 Å². The second-order valence-corrected chi connectivity index (χ2v) is 8.69. The average molecular weight is 492 g/mol. The number of allylic oxidation sites excluding steroid dienone is 1. The summed E-state index contributed by atoms with van der Waals surface area (Å²) < 4.78 is 32.8. The molecule has 35 heavy (non-hydrogen) atoms. The van der Waals surface area contributed by atoms with Gasteiger partial charge in [-0.15, -0.1) is 0 Å². The Labute approximate surface area is 207 Å². The smallest absolute Gasteiger partial charge is 0.231 e. The van der Waals surface area contributed by atoms with Crippen molar-refractivity contribution < 1.29 is 23.4 Å². The van der Waals surface area contributed by atoms with Gasteiger partial charge < -0.3 is 18.8 Å². The number of fused-ring (bicyclic) bond motifs is 2. The first kappa shape index (κ1) is 23.0. The normalized spacial score (nSPS) is 13.9. The highest BCUT2D eigenvalue weighted by Gasteiger charge is 2.30. The van der Waals surface area contributed by atoms with Crippen molar-refractivity contribution in [3.8, 4) is 17.2 Å². The molecule has 0 spiro atoms. The van der Waals surface area contributed by atoms with Gasteiger partial charge in [-0.1, -0.05) is 17.7 Å². The lowest BCUT2D eigenvalue weighted by atomic mass is 10.1. The Morgan fingerprint density at radius 1 is 1.14 bits per heavy atom. The number of benzene rings is 3. The molecule has 178 valence electrons. The summed E-state index contributed by atoms with van der Waals surface area (Å²) in [7, 11) is 1.63. The molecule has 3 aromatic carbocycles. The number of Topliss-reactive ketones (excluding diaryl/α,β-unsaturated/α-hetero) is 1. The molecule has 0 saturated carbocycles. The number of ether oxygens (including phenoxy) is 3. The molecule has 0 atom stereocenters. The number of aryl methyl sites for hydroxylation is 1. The van der Waals surface area contributed by atoms with Crippen molar-refractivity contribution >= 4 is 34.4 Å². The predicted molar refractivity (Wildman–Crippen MR) is 134 cm³/mol. The van der Waals surface area contributed by atoms with Crippen LogP contribution in [-0.2, 0) is 13.2 Å². The molecule has 1 aliphatic rings. The van der Waals surface area contributed by atoms with Gasteiger partial charge in [0.2, 0.25) is 5.78 Å². The molecule has 0 amide bonds. The highest BCUT2D eigenvalue weighted by molar-refractivity contribution is 6.31. The van der Waals surface area contributed by atoms with E-state index in [0.717, 1.165) is 28.8 Å². The Kier molecular flexibility index (Phi) is 5.99. The van der Waals surface area contributed by atoms with Crippen LogP contribution in [0.5, 0.6) is 17.2 Å². The summed E-state index contributed by atoms with van der Waals surface area (Å²) in [5, 5.41) is 1.27. The van der Waals surface area contributed by atoms with Crippen LogP contribution in [0.15, 0.2) is 60.5 Å². The summed E-state index contributed by atoms with van der Waals surface area (Å²) in [6.07, 6.45) is 3.78. The van der Waals surface area contributed by atoms with Crippen molar-refractivity contribution in [3.05, 3.63) is 93.6 Å². The minimum Gasteiger partial charge on any atom is -0.497 e. The molecule has 0 radical (unpaired) electrons. The van der Waals surface area contributed by atoms with E-state index in [4.69, 9.17) is 25.8 Å². The van der Waals surface area contributed by atoms with Crippen molar-refractivity contribution in [2.24, 2.45) is 0 Å². The van der Waals surface area contributed by atoms with Crippen molar-refractivity contribution in [2.75, 3.05) is 7.11 Å². The molecule has 4 aromatic rings. The minimum absolute atomic E-state index is 0.160. The van der Waals surface area contributed by atoms with Crippen LogP contribution in [0.4, 0.5) is 4.39 Å². The molecule has 7 heteroatoms. The van der Waals surface area contributed by atoms with Crippen molar-refractivity contribution in [1.82, 2.24) is 4.57 Å². The van der Waals surface area contributed by atoms with E-state index in [1.54, 1.807) is 31.4 Å². The Balaban J connectivity index is 1.45. The third kappa shape index (κ3) is 4.15. The zero-order valence-corrected chi connectivity index (χ0v) is 20.3. The average Bonchev–Trinajstić information content (AvgIpc) is 3.37.